The molecule has 0 fully saturated rings. The molecule has 25 heavy (non-hydrogen) atoms. The predicted octanol–water partition coefficient (Wildman–Crippen LogP) is 3.70. The molecule has 0 spiro atoms. The molecule has 0 aliphatic heterocycles. The molecule has 3 rings (SSSR count). The van der Waals surface area contributed by atoms with Crippen molar-refractivity contribution in [2.75, 3.05) is 0 Å². The van der Waals surface area contributed by atoms with Gasteiger partial charge in [0.2, 0.25) is 0 Å². The second kappa shape index (κ2) is 6.89. The minimum Gasteiger partial charge on any atom is -0.338 e. The first-order chi connectivity index (χ1) is 12.0. The average molecular weight is 337 g/mol. The van der Waals surface area contributed by atoms with Crippen molar-refractivity contribution in [2.45, 2.75) is 19.9 Å². The Balaban J connectivity index is 1.94. The van der Waals surface area contributed by atoms with Gasteiger partial charge in [0.25, 0.3) is 5.91 Å². The summed E-state index contributed by atoms with van der Waals surface area (Å²) < 4.78 is 15.1. The van der Waals surface area contributed by atoms with Gasteiger partial charge in [0.15, 0.2) is 0 Å². The van der Waals surface area contributed by atoms with Crippen LogP contribution in [-0.4, -0.2) is 15.5 Å². The molecule has 5 heteroatoms. The normalized spacial score (nSPS) is 12.0. The maximum Gasteiger partial charge on any atom is 0.252 e. The van der Waals surface area contributed by atoms with Gasteiger partial charge in [-0.1, -0.05) is 18.2 Å². The number of hydrogen-bond donors (Lipinski definition) is 1. The lowest BCUT2D eigenvalue weighted by Crippen LogP contribution is -2.31. The van der Waals surface area contributed by atoms with Gasteiger partial charge < -0.3 is 9.88 Å². The second-order valence-corrected chi connectivity index (χ2v) is 6.15. The van der Waals surface area contributed by atoms with Crippen LogP contribution in [0.15, 0.2) is 54.9 Å². The van der Waals surface area contributed by atoms with Crippen molar-refractivity contribution in [3.05, 3.63) is 88.8 Å². The molecule has 2 aromatic carbocycles. The van der Waals surface area contributed by atoms with E-state index in [1.54, 1.807) is 24.4 Å². The van der Waals surface area contributed by atoms with E-state index >= 15 is 0 Å². The zero-order valence-corrected chi connectivity index (χ0v) is 14.5. The van der Waals surface area contributed by atoms with Crippen LogP contribution < -0.4 is 5.32 Å². The number of rotatable bonds is 4. The van der Waals surface area contributed by atoms with Gasteiger partial charge in [-0.2, -0.15) is 0 Å². The van der Waals surface area contributed by atoms with E-state index in [-0.39, 0.29) is 11.7 Å². The van der Waals surface area contributed by atoms with E-state index in [1.165, 1.54) is 12.1 Å². The molecule has 0 unspecified atom stereocenters. The topological polar surface area (TPSA) is 46.9 Å². The van der Waals surface area contributed by atoms with Crippen LogP contribution in [0, 0.1) is 19.7 Å². The van der Waals surface area contributed by atoms with E-state index in [9.17, 15) is 9.18 Å². The Labute approximate surface area is 146 Å². The highest BCUT2D eigenvalue weighted by Gasteiger charge is 2.21. The molecule has 0 bridgehead atoms. The fourth-order valence-electron chi connectivity index (χ4n) is 2.70. The van der Waals surface area contributed by atoms with Crippen molar-refractivity contribution in [1.29, 1.82) is 0 Å². The van der Waals surface area contributed by atoms with Crippen LogP contribution >= 0.6 is 0 Å². The molecular weight excluding hydrogens is 317 g/mol. The van der Waals surface area contributed by atoms with E-state index in [1.807, 2.05) is 43.8 Å². The molecule has 0 saturated heterocycles. The van der Waals surface area contributed by atoms with Crippen molar-refractivity contribution in [1.82, 2.24) is 14.9 Å². The Morgan fingerprint density at radius 2 is 1.84 bits per heavy atom. The highest BCUT2D eigenvalue weighted by molar-refractivity contribution is 5.94. The third-order valence-electron chi connectivity index (χ3n) is 4.36. The van der Waals surface area contributed by atoms with Gasteiger partial charge in [-0.25, -0.2) is 9.37 Å². The smallest absolute Gasteiger partial charge is 0.252 e. The Morgan fingerprint density at radius 1 is 1.12 bits per heavy atom. The Bertz CT molecular complexity index is 900. The van der Waals surface area contributed by atoms with Gasteiger partial charge in [0, 0.05) is 25.0 Å². The Kier molecular flexibility index (Phi) is 4.65. The summed E-state index contributed by atoms with van der Waals surface area (Å²) in [5, 5.41) is 3.01. The van der Waals surface area contributed by atoms with Gasteiger partial charge >= 0.3 is 0 Å². The molecule has 128 valence electrons. The van der Waals surface area contributed by atoms with Gasteiger partial charge in [0.1, 0.15) is 17.7 Å². The zero-order valence-electron chi connectivity index (χ0n) is 14.5. The summed E-state index contributed by atoms with van der Waals surface area (Å²) in [4.78, 5) is 17.1. The standard InChI is InChI=1S/C20H20FN3O/c1-13-4-5-16(12-14(13)2)20(25)23-18(19-22-10-11-24(19)3)15-6-8-17(21)9-7-15/h4-12,18H,1-3H3,(H,23,25)/t18-/m1/s1. The van der Waals surface area contributed by atoms with E-state index in [4.69, 9.17) is 0 Å². The quantitative estimate of drug-likeness (QED) is 0.789. The van der Waals surface area contributed by atoms with Crippen LogP contribution in [0.4, 0.5) is 4.39 Å². The number of imidazole rings is 1. The van der Waals surface area contributed by atoms with E-state index in [0.717, 1.165) is 16.7 Å². The molecule has 0 radical (unpaired) electrons. The maximum absolute atomic E-state index is 13.3. The number of benzene rings is 2. The molecule has 0 saturated carbocycles. The number of amides is 1. The van der Waals surface area contributed by atoms with Crippen molar-refractivity contribution in [3.63, 3.8) is 0 Å². The Hall–Kier alpha value is -2.95. The van der Waals surface area contributed by atoms with Crippen molar-refractivity contribution < 1.29 is 9.18 Å². The first-order valence-electron chi connectivity index (χ1n) is 8.06. The lowest BCUT2D eigenvalue weighted by atomic mass is 10.0. The Morgan fingerprint density at radius 3 is 2.44 bits per heavy atom. The van der Waals surface area contributed by atoms with Gasteiger partial charge in [0.05, 0.1) is 0 Å². The largest absolute Gasteiger partial charge is 0.338 e. The van der Waals surface area contributed by atoms with Crippen molar-refractivity contribution in [3.8, 4) is 0 Å². The number of nitrogens with one attached hydrogen (secondary N) is 1. The zero-order chi connectivity index (χ0) is 18.0. The van der Waals surface area contributed by atoms with Crippen LogP contribution in [0.25, 0.3) is 0 Å². The summed E-state index contributed by atoms with van der Waals surface area (Å²) in [5.74, 6) is 0.173. The predicted molar refractivity (Wildman–Crippen MR) is 94.8 cm³/mol. The average Bonchev–Trinajstić information content (AvgIpc) is 3.01. The first kappa shape index (κ1) is 16.9. The summed E-state index contributed by atoms with van der Waals surface area (Å²) >= 11 is 0. The molecular formula is C20H20FN3O. The fraction of sp³-hybridized carbons (Fsp3) is 0.200. The molecule has 1 heterocycles. The number of hydrogen-bond acceptors (Lipinski definition) is 2. The number of aryl methyl sites for hydroxylation is 3. The van der Waals surface area contributed by atoms with Crippen molar-refractivity contribution >= 4 is 5.91 Å². The van der Waals surface area contributed by atoms with Crippen LogP contribution in [0.2, 0.25) is 0 Å². The molecule has 1 amide bonds. The SMILES string of the molecule is Cc1ccc(C(=O)N[C@H](c2ccc(F)cc2)c2nccn2C)cc1C. The minimum absolute atomic E-state index is 0.194. The van der Waals surface area contributed by atoms with Crippen LogP contribution in [0.5, 0.6) is 0 Å². The molecule has 0 aliphatic rings. The third kappa shape index (κ3) is 3.60. The lowest BCUT2D eigenvalue weighted by Gasteiger charge is -2.19. The van der Waals surface area contributed by atoms with Gasteiger partial charge in [-0.3, -0.25) is 4.79 Å². The number of carbonyl (C=O) groups is 1. The summed E-state index contributed by atoms with van der Waals surface area (Å²) in [6, 6.07) is 11.2. The molecule has 1 aromatic heterocycles. The summed E-state index contributed by atoms with van der Waals surface area (Å²) in [6.45, 7) is 3.98. The highest BCUT2D eigenvalue weighted by Crippen LogP contribution is 2.22. The van der Waals surface area contributed by atoms with Crippen LogP contribution in [0.1, 0.15) is 38.9 Å². The molecule has 4 nitrogen and oxygen atoms in total. The molecule has 1 atom stereocenters. The van der Waals surface area contributed by atoms with Crippen molar-refractivity contribution in [2.24, 2.45) is 7.05 Å². The third-order valence-corrected chi connectivity index (χ3v) is 4.36. The molecule has 0 aliphatic carbocycles. The van der Waals surface area contributed by atoms with Crippen LogP contribution in [-0.2, 0) is 7.05 Å². The van der Waals surface area contributed by atoms with E-state index in [2.05, 4.69) is 10.3 Å². The van der Waals surface area contributed by atoms with E-state index < -0.39 is 6.04 Å². The summed E-state index contributed by atoms with van der Waals surface area (Å²) in [7, 11) is 1.86. The summed E-state index contributed by atoms with van der Waals surface area (Å²) in [6.07, 6.45) is 3.49. The van der Waals surface area contributed by atoms with E-state index in [0.29, 0.717) is 11.4 Å². The number of nitrogens with zero attached hydrogens (tertiary/aromatic N) is 2. The lowest BCUT2D eigenvalue weighted by molar-refractivity contribution is 0.0941. The second-order valence-electron chi connectivity index (χ2n) is 6.15. The minimum atomic E-state index is -0.463. The first-order valence-corrected chi connectivity index (χ1v) is 8.06. The van der Waals surface area contributed by atoms with Crippen LogP contribution in [0.3, 0.4) is 0 Å². The van der Waals surface area contributed by atoms with Gasteiger partial charge in [-0.15, -0.1) is 0 Å². The number of aromatic nitrogens is 2. The number of carbonyl (C=O) groups excluding carboxylic acids is 1. The van der Waals surface area contributed by atoms with Gasteiger partial charge in [-0.05, 0) is 54.8 Å². The fourth-order valence-corrected chi connectivity index (χ4v) is 2.70. The monoisotopic (exact) mass is 337 g/mol. The maximum atomic E-state index is 13.3. The molecule has 3 aromatic rings. The number of halogens is 1. The summed E-state index contributed by atoms with van der Waals surface area (Å²) in [5.41, 5.74) is 3.55. The highest BCUT2D eigenvalue weighted by atomic mass is 19.1. The molecule has 1 N–H and O–H groups in total.